The van der Waals surface area contributed by atoms with Crippen LogP contribution in [-0.4, -0.2) is 11.4 Å². The van der Waals surface area contributed by atoms with Crippen LogP contribution in [0.4, 0.5) is 0 Å². The van der Waals surface area contributed by atoms with Gasteiger partial charge in [-0.1, -0.05) is 37.6 Å². The van der Waals surface area contributed by atoms with Crippen LogP contribution in [0.25, 0.3) is 6.08 Å². The lowest BCUT2D eigenvalue weighted by atomic mass is 10.1. The standard InChI is InChI=1S/C16H23NO/c1-5-6-7-8-13-9-11-14(12-10-13)15(18)17-16(2,3)4/h7-12H,5-6H2,1-4H3,(H,17,18)/b8-7+. The van der Waals surface area contributed by atoms with Gasteiger partial charge in [-0.05, 0) is 44.9 Å². The highest BCUT2D eigenvalue weighted by Crippen LogP contribution is 2.09. The Labute approximate surface area is 110 Å². The van der Waals surface area contributed by atoms with Crippen molar-refractivity contribution in [2.45, 2.75) is 46.1 Å². The zero-order valence-corrected chi connectivity index (χ0v) is 11.8. The zero-order valence-electron chi connectivity index (χ0n) is 11.8. The summed E-state index contributed by atoms with van der Waals surface area (Å²) in [7, 11) is 0. The predicted molar refractivity (Wildman–Crippen MR) is 77.6 cm³/mol. The normalized spacial score (nSPS) is 11.8. The topological polar surface area (TPSA) is 29.1 Å². The molecule has 0 fully saturated rings. The highest BCUT2D eigenvalue weighted by molar-refractivity contribution is 5.94. The second kappa shape index (κ2) is 6.39. The third-order valence-corrected chi connectivity index (χ3v) is 2.43. The van der Waals surface area contributed by atoms with Crippen molar-refractivity contribution < 1.29 is 4.79 Å². The molecule has 0 bridgehead atoms. The first-order chi connectivity index (χ1) is 8.42. The number of hydrogen-bond acceptors (Lipinski definition) is 1. The van der Waals surface area contributed by atoms with Crippen LogP contribution in [0.5, 0.6) is 0 Å². The third kappa shape index (κ3) is 5.17. The van der Waals surface area contributed by atoms with Gasteiger partial charge in [0.25, 0.3) is 5.91 Å². The molecule has 0 aliphatic carbocycles. The van der Waals surface area contributed by atoms with Crippen molar-refractivity contribution in [3.05, 3.63) is 41.5 Å². The molecule has 0 saturated heterocycles. The Kier molecular flexibility index (Phi) is 5.14. The number of unbranched alkanes of at least 4 members (excludes halogenated alkanes) is 1. The van der Waals surface area contributed by atoms with Crippen LogP contribution in [0, 0.1) is 0 Å². The molecular formula is C16H23NO. The van der Waals surface area contributed by atoms with E-state index in [4.69, 9.17) is 0 Å². The molecule has 0 unspecified atom stereocenters. The van der Waals surface area contributed by atoms with Gasteiger partial charge < -0.3 is 5.32 Å². The smallest absolute Gasteiger partial charge is 0.251 e. The Bertz CT molecular complexity index is 410. The van der Waals surface area contributed by atoms with E-state index in [1.54, 1.807) is 0 Å². The van der Waals surface area contributed by atoms with Crippen molar-refractivity contribution >= 4 is 12.0 Å². The summed E-state index contributed by atoms with van der Waals surface area (Å²) in [5.41, 5.74) is 1.64. The van der Waals surface area contributed by atoms with Crippen molar-refractivity contribution in [3.63, 3.8) is 0 Å². The minimum absolute atomic E-state index is 0.0217. The highest BCUT2D eigenvalue weighted by atomic mass is 16.1. The second-order valence-electron chi connectivity index (χ2n) is 5.52. The number of allylic oxidation sites excluding steroid dienone is 1. The van der Waals surface area contributed by atoms with Crippen LogP contribution >= 0.6 is 0 Å². The van der Waals surface area contributed by atoms with Crippen molar-refractivity contribution in [1.29, 1.82) is 0 Å². The number of nitrogens with one attached hydrogen (secondary N) is 1. The molecular weight excluding hydrogens is 222 g/mol. The maximum Gasteiger partial charge on any atom is 0.251 e. The van der Waals surface area contributed by atoms with Gasteiger partial charge in [-0.15, -0.1) is 0 Å². The first kappa shape index (κ1) is 14.5. The SMILES string of the molecule is CCC/C=C/c1ccc(C(=O)NC(C)(C)C)cc1. The average Bonchev–Trinajstić information content (AvgIpc) is 2.28. The summed E-state index contributed by atoms with van der Waals surface area (Å²) in [5.74, 6) is -0.0217. The van der Waals surface area contributed by atoms with Gasteiger partial charge in [-0.25, -0.2) is 0 Å². The van der Waals surface area contributed by atoms with E-state index in [2.05, 4.69) is 24.4 Å². The predicted octanol–water partition coefficient (Wildman–Crippen LogP) is 4.03. The first-order valence-corrected chi connectivity index (χ1v) is 6.51. The highest BCUT2D eigenvalue weighted by Gasteiger charge is 2.14. The lowest BCUT2D eigenvalue weighted by molar-refractivity contribution is 0.0919. The molecule has 2 heteroatoms. The lowest BCUT2D eigenvalue weighted by Crippen LogP contribution is -2.40. The molecule has 0 aliphatic rings. The molecule has 0 saturated carbocycles. The maximum atomic E-state index is 11.9. The molecule has 18 heavy (non-hydrogen) atoms. The van der Waals surface area contributed by atoms with E-state index in [1.807, 2.05) is 45.0 Å². The van der Waals surface area contributed by atoms with Gasteiger partial charge in [0.2, 0.25) is 0 Å². The van der Waals surface area contributed by atoms with Gasteiger partial charge in [-0.2, -0.15) is 0 Å². The van der Waals surface area contributed by atoms with E-state index in [-0.39, 0.29) is 11.4 Å². The van der Waals surface area contributed by atoms with Gasteiger partial charge in [0.15, 0.2) is 0 Å². The molecule has 0 atom stereocenters. The summed E-state index contributed by atoms with van der Waals surface area (Å²) in [4.78, 5) is 11.9. The Morgan fingerprint density at radius 1 is 1.22 bits per heavy atom. The van der Waals surface area contributed by atoms with E-state index in [0.29, 0.717) is 5.56 Å². The number of amides is 1. The Hall–Kier alpha value is -1.57. The molecule has 1 rings (SSSR count). The summed E-state index contributed by atoms with van der Waals surface area (Å²) in [6.07, 6.45) is 6.49. The molecule has 2 nitrogen and oxygen atoms in total. The summed E-state index contributed by atoms with van der Waals surface area (Å²) >= 11 is 0. The van der Waals surface area contributed by atoms with E-state index in [9.17, 15) is 4.79 Å². The van der Waals surface area contributed by atoms with Crippen LogP contribution < -0.4 is 5.32 Å². The maximum absolute atomic E-state index is 11.9. The lowest BCUT2D eigenvalue weighted by Gasteiger charge is -2.20. The van der Waals surface area contributed by atoms with Crippen molar-refractivity contribution in [2.75, 3.05) is 0 Å². The molecule has 0 radical (unpaired) electrons. The molecule has 1 amide bonds. The van der Waals surface area contributed by atoms with Crippen molar-refractivity contribution in [3.8, 4) is 0 Å². The van der Waals surface area contributed by atoms with Gasteiger partial charge >= 0.3 is 0 Å². The molecule has 1 N–H and O–H groups in total. The minimum atomic E-state index is -0.198. The minimum Gasteiger partial charge on any atom is -0.347 e. The summed E-state index contributed by atoms with van der Waals surface area (Å²) in [6, 6.07) is 7.69. The van der Waals surface area contributed by atoms with E-state index in [1.165, 1.54) is 0 Å². The fourth-order valence-electron chi connectivity index (χ4n) is 1.54. The van der Waals surface area contributed by atoms with Gasteiger partial charge in [-0.3, -0.25) is 4.79 Å². The molecule has 1 aromatic carbocycles. The van der Waals surface area contributed by atoms with Crippen LogP contribution in [0.15, 0.2) is 30.3 Å². The number of benzene rings is 1. The summed E-state index contributed by atoms with van der Waals surface area (Å²) in [5, 5.41) is 2.95. The van der Waals surface area contributed by atoms with Crippen LogP contribution in [0.2, 0.25) is 0 Å². The Morgan fingerprint density at radius 2 is 1.83 bits per heavy atom. The van der Waals surface area contributed by atoms with Crippen molar-refractivity contribution in [2.24, 2.45) is 0 Å². The van der Waals surface area contributed by atoms with Gasteiger partial charge in [0.05, 0.1) is 0 Å². The fourth-order valence-corrected chi connectivity index (χ4v) is 1.54. The largest absolute Gasteiger partial charge is 0.347 e. The number of carbonyl (C=O) groups excluding carboxylic acids is 1. The summed E-state index contributed by atoms with van der Waals surface area (Å²) in [6.45, 7) is 8.09. The molecule has 1 aromatic rings. The molecule has 0 aliphatic heterocycles. The monoisotopic (exact) mass is 245 g/mol. The average molecular weight is 245 g/mol. The fraction of sp³-hybridized carbons (Fsp3) is 0.438. The Balaban J connectivity index is 2.68. The summed E-state index contributed by atoms with van der Waals surface area (Å²) < 4.78 is 0. The van der Waals surface area contributed by atoms with Crippen LogP contribution in [0.1, 0.15) is 56.5 Å². The van der Waals surface area contributed by atoms with Crippen LogP contribution in [-0.2, 0) is 0 Å². The van der Waals surface area contributed by atoms with Crippen molar-refractivity contribution in [1.82, 2.24) is 5.32 Å². The second-order valence-corrected chi connectivity index (χ2v) is 5.52. The molecule has 0 heterocycles. The molecule has 0 spiro atoms. The van der Waals surface area contributed by atoms with E-state index >= 15 is 0 Å². The number of rotatable bonds is 4. The van der Waals surface area contributed by atoms with E-state index in [0.717, 1.165) is 18.4 Å². The van der Waals surface area contributed by atoms with Gasteiger partial charge in [0.1, 0.15) is 0 Å². The first-order valence-electron chi connectivity index (χ1n) is 6.51. The van der Waals surface area contributed by atoms with E-state index < -0.39 is 0 Å². The number of carbonyl (C=O) groups is 1. The number of hydrogen-bond donors (Lipinski definition) is 1. The molecule has 98 valence electrons. The van der Waals surface area contributed by atoms with Gasteiger partial charge in [0, 0.05) is 11.1 Å². The van der Waals surface area contributed by atoms with Crippen LogP contribution in [0.3, 0.4) is 0 Å². The molecule has 0 aromatic heterocycles. The Morgan fingerprint density at radius 3 is 2.33 bits per heavy atom. The third-order valence-electron chi connectivity index (χ3n) is 2.43. The zero-order chi connectivity index (χ0) is 13.6. The quantitative estimate of drug-likeness (QED) is 0.852.